The lowest BCUT2D eigenvalue weighted by Crippen LogP contribution is -2.35. The smallest absolute Gasteiger partial charge is 0.243 e. The second-order valence-corrected chi connectivity index (χ2v) is 6.28. The molecule has 0 spiro atoms. The molecule has 0 fully saturated rings. The normalized spacial score (nSPS) is 15.6. The summed E-state index contributed by atoms with van der Waals surface area (Å²) < 4.78 is 7.32. The van der Waals surface area contributed by atoms with Crippen LogP contribution in [0.2, 0.25) is 0 Å². The van der Waals surface area contributed by atoms with E-state index >= 15 is 0 Å². The van der Waals surface area contributed by atoms with Crippen LogP contribution >= 0.6 is 11.3 Å². The highest BCUT2D eigenvalue weighted by molar-refractivity contribution is 7.13. The first-order chi connectivity index (χ1) is 10.6. The van der Waals surface area contributed by atoms with Gasteiger partial charge in [-0.2, -0.15) is 10.1 Å². The fourth-order valence-electron chi connectivity index (χ4n) is 2.27. The second-order valence-electron chi connectivity index (χ2n) is 5.34. The molecule has 6 nitrogen and oxygen atoms in total. The average molecular weight is 317 g/mol. The maximum atomic E-state index is 5.38. The number of nitrogens with one attached hydrogen (secondary N) is 1. The summed E-state index contributed by atoms with van der Waals surface area (Å²) in [5, 5.41) is 13.8. The summed E-state index contributed by atoms with van der Waals surface area (Å²) in [6, 6.07) is 6.32. The molecule has 3 heterocycles. The van der Waals surface area contributed by atoms with Crippen LogP contribution in [0.25, 0.3) is 10.7 Å². The van der Waals surface area contributed by atoms with Gasteiger partial charge in [0.05, 0.1) is 17.0 Å². The van der Waals surface area contributed by atoms with E-state index in [0.29, 0.717) is 11.7 Å². The molecule has 0 aliphatic heterocycles. The van der Waals surface area contributed by atoms with E-state index in [1.165, 1.54) is 0 Å². The molecule has 0 aliphatic rings. The third-order valence-electron chi connectivity index (χ3n) is 3.73. The number of hydrogen-bond donors (Lipinski definition) is 1. The number of nitrogens with zero attached hydrogens (tertiary/aromatic N) is 4. The van der Waals surface area contributed by atoms with Crippen LogP contribution in [-0.2, 0) is 0 Å². The zero-order chi connectivity index (χ0) is 15.5. The molecule has 0 saturated heterocycles. The Hall–Kier alpha value is -1.99. The average Bonchev–Trinajstić information content (AvgIpc) is 3.26. The molecule has 3 aromatic rings. The van der Waals surface area contributed by atoms with Crippen molar-refractivity contribution in [3.8, 4) is 10.7 Å². The van der Waals surface area contributed by atoms with Crippen molar-refractivity contribution in [2.45, 2.75) is 38.9 Å². The van der Waals surface area contributed by atoms with Crippen molar-refractivity contribution in [3.05, 3.63) is 41.9 Å². The molecule has 3 aromatic heterocycles. The van der Waals surface area contributed by atoms with E-state index in [9.17, 15) is 0 Å². The first-order valence-electron chi connectivity index (χ1n) is 7.28. The Bertz CT molecular complexity index is 691. The van der Waals surface area contributed by atoms with Crippen LogP contribution < -0.4 is 5.32 Å². The summed E-state index contributed by atoms with van der Waals surface area (Å²) in [5.41, 5.74) is 0. The number of hydrogen-bond acceptors (Lipinski definition) is 6. The maximum absolute atomic E-state index is 5.38. The molecular formula is C15H19N5OS. The molecule has 116 valence electrons. The van der Waals surface area contributed by atoms with E-state index in [1.807, 2.05) is 41.4 Å². The van der Waals surface area contributed by atoms with Gasteiger partial charge in [0, 0.05) is 18.4 Å². The molecule has 3 rings (SSSR count). The lowest BCUT2D eigenvalue weighted by Gasteiger charge is -2.24. The van der Waals surface area contributed by atoms with Crippen LogP contribution in [0.3, 0.4) is 0 Å². The summed E-state index contributed by atoms with van der Waals surface area (Å²) in [5.74, 6) is 1.24. The van der Waals surface area contributed by atoms with Crippen molar-refractivity contribution in [1.29, 1.82) is 0 Å². The van der Waals surface area contributed by atoms with Crippen LogP contribution in [0.15, 0.2) is 40.5 Å². The Morgan fingerprint density at radius 2 is 2.14 bits per heavy atom. The van der Waals surface area contributed by atoms with E-state index < -0.39 is 0 Å². The molecule has 0 bridgehead atoms. The molecule has 7 heteroatoms. The molecule has 0 radical (unpaired) electrons. The Balaban J connectivity index is 1.65. The van der Waals surface area contributed by atoms with E-state index in [0.717, 1.165) is 4.88 Å². The van der Waals surface area contributed by atoms with Crippen molar-refractivity contribution in [1.82, 2.24) is 25.2 Å². The Morgan fingerprint density at radius 1 is 1.27 bits per heavy atom. The maximum Gasteiger partial charge on any atom is 0.243 e. The van der Waals surface area contributed by atoms with Crippen molar-refractivity contribution in [3.63, 3.8) is 0 Å². The molecule has 0 saturated carbocycles. The largest absolute Gasteiger partial charge is 0.337 e. The van der Waals surface area contributed by atoms with Gasteiger partial charge in [-0.1, -0.05) is 11.2 Å². The van der Waals surface area contributed by atoms with Crippen LogP contribution in [0, 0.1) is 0 Å². The minimum absolute atomic E-state index is 0.0192. The van der Waals surface area contributed by atoms with Gasteiger partial charge in [-0.3, -0.25) is 4.68 Å². The molecule has 22 heavy (non-hydrogen) atoms. The van der Waals surface area contributed by atoms with Crippen LogP contribution in [-0.4, -0.2) is 26.0 Å². The molecular weight excluding hydrogens is 298 g/mol. The third kappa shape index (κ3) is 3.10. The summed E-state index contributed by atoms with van der Waals surface area (Å²) in [6.07, 6.45) is 3.76. The number of rotatable bonds is 6. The second kappa shape index (κ2) is 6.41. The fourth-order valence-corrected chi connectivity index (χ4v) is 2.92. The van der Waals surface area contributed by atoms with E-state index in [4.69, 9.17) is 4.52 Å². The first-order valence-corrected chi connectivity index (χ1v) is 8.16. The van der Waals surface area contributed by atoms with Gasteiger partial charge >= 0.3 is 0 Å². The van der Waals surface area contributed by atoms with Crippen LogP contribution in [0.5, 0.6) is 0 Å². The lowest BCUT2D eigenvalue weighted by atomic mass is 10.1. The lowest BCUT2D eigenvalue weighted by molar-refractivity contribution is 0.292. The highest BCUT2D eigenvalue weighted by Crippen LogP contribution is 2.23. The molecule has 0 aliphatic carbocycles. The SMILES string of the molecule is C[C@H](N[C@H](C)[C@H](C)n1cccn1)c1nc(-c2cccs2)no1. The summed E-state index contributed by atoms with van der Waals surface area (Å²) in [4.78, 5) is 5.49. The third-order valence-corrected chi connectivity index (χ3v) is 4.60. The Kier molecular flexibility index (Phi) is 4.35. The zero-order valence-corrected chi connectivity index (χ0v) is 13.6. The van der Waals surface area contributed by atoms with Crippen molar-refractivity contribution >= 4 is 11.3 Å². The van der Waals surface area contributed by atoms with Crippen LogP contribution in [0.1, 0.15) is 38.7 Å². The van der Waals surface area contributed by atoms with Gasteiger partial charge < -0.3 is 9.84 Å². The minimum atomic E-state index is -0.0192. The summed E-state index contributed by atoms with van der Waals surface area (Å²) in [6.45, 7) is 6.28. The van der Waals surface area contributed by atoms with Crippen molar-refractivity contribution < 1.29 is 4.52 Å². The highest BCUT2D eigenvalue weighted by atomic mass is 32.1. The standard InChI is InChI=1S/C15H19N5OS/c1-10(12(3)20-8-5-7-16-20)17-11(2)15-18-14(19-21-15)13-6-4-9-22-13/h4-12,17H,1-3H3/t10-,11+,12+/m1/s1. The Morgan fingerprint density at radius 3 is 2.82 bits per heavy atom. The predicted molar refractivity (Wildman–Crippen MR) is 85.6 cm³/mol. The molecule has 0 aromatic carbocycles. The number of thiophene rings is 1. The number of aromatic nitrogens is 4. The van der Waals surface area contributed by atoms with E-state index in [1.54, 1.807) is 17.5 Å². The summed E-state index contributed by atoms with van der Waals surface area (Å²) in [7, 11) is 0. The highest BCUT2D eigenvalue weighted by Gasteiger charge is 2.21. The Labute approximate surface area is 133 Å². The van der Waals surface area contributed by atoms with Gasteiger partial charge in [-0.05, 0) is 38.3 Å². The molecule has 3 atom stereocenters. The summed E-state index contributed by atoms with van der Waals surface area (Å²) >= 11 is 1.60. The molecule has 0 unspecified atom stereocenters. The predicted octanol–water partition coefficient (Wildman–Crippen LogP) is 3.29. The van der Waals surface area contributed by atoms with E-state index in [-0.39, 0.29) is 18.1 Å². The quantitative estimate of drug-likeness (QED) is 0.755. The monoisotopic (exact) mass is 317 g/mol. The first kappa shape index (κ1) is 14.9. The fraction of sp³-hybridized carbons (Fsp3) is 0.400. The van der Waals surface area contributed by atoms with Crippen molar-refractivity contribution in [2.75, 3.05) is 0 Å². The van der Waals surface area contributed by atoms with E-state index in [2.05, 4.69) is 34.4 Å². The zero-order valence-electron chi connectivity index (χ0n) is 12.8. The van der Waals surface area contributed by atoms with Gasteiger partial charge in [-0.25, -0.2) is 0 Å². The van der Waals surface area contributed by atoms with Crippen LogP contribution in [0.4, 0.5) is 0 Å². The van der Waals surface area contributed by atoms with Gasteiger partial charge in [0.25, 0.3) is 0 Å². The minimum Gasteiger partial charge on any atom is -0.337 e. The van der Waals surface area contributed by atoms with Gasteiger partial charge in [0.1, 0.15) is 0 Å². The van der Waals surface area contributed by atoms with Gasteiger partial charge in [-0.15, -0.1) is 11.3 Å². The van der Waals surface area contributed by atoms with Gasteiger partial charge in [0.15, 0.2) is 0 Å². The van der Waals surface area contributed by atoms with Gasteiger partial charge in [0.2, 0.25) is 11.7 Å². The molecule has 0 amide bonds. The van der Waals surface area contributed by atoms with Crippen molar-refractivity contribution in [2.24, 2.45) is 0 Å². The topological polar surface area (TPSA) is 68.8 Å². The molecule has 1 N–H and O–H groups in total.